The summed E-state index contributed by atoms with van der Waals surface area (Å²) in [6, 6.07) is 8.04. The van der Waals surface area contributed by atoms with Crippen molar-refractivity contribution in [1.29, 1.82) is 0 Å². The maximum Gasteiger partial charge on any atom is 0.241 e. The van der Waals surface area contributed by atoms with Crippen LogP contribution in [0.5, 0.6) is 0 Å². The number of nitrogens with zero attached hydrogens (tertiary/aromatic N) is 5. The first-order valence-electron chi connectivity index (χ1n) is 9.16. The molecule has 0 aliphatic carbocycles. The van der Waals surface area contributed by atoms with Gasteiger partial charge in [-0.3, -0.25) is 14.6 Å². The molecule has 0 atom stereocenters. The highest BCUT2D eigenvalue weighted by Gasteiger charge is 2.23. The summed E-state index contributed by atoms with van der Waals surface area (Å²) in [7, 11) is 0. The van der Waals surface area contributed by atoms with Crippen molar-refractivity contribution in [3.63, 3.8) is 0 Å². The lowest BCUT2D eigenvalue weighted by Crippen LogP contribution is -2.50. The zero-order valence-electron chi connectivity index (χ0n) is 15.8. The third kappa shape index (κ3) is 4.47. The van der Waals surface area contributed by atoms with E-state index >= 15 is 0 Å². The van der Waals surface area contributed by atoms with E-state index in [4.69, 9.17) is 4.52 Å². The van der Waals surface area contributed by atoms with E-state index < -0.39 is 0 Å². The van der Waals surface area contributed by atoms with Gasteiger partial charge in [-0.15, -0.1) is 0 Å². The average Bonchev–Trinajstić information content (AvgIpc) is 3.04. The number of carbonyl (C=O) groups excluding carboxylic acids is 1. The Bertz CT molecular complexity index is 737. The first-order chi connectivity index (χ1) is 12.6. The van der Waals surface area contributed by atoms with Crippen LogP contribution in [0.25, 0.3) is 0 Å². The van der Waals surface area contributed by atoms with Crippen LogP contribution in [-0.2, 0) is 11.3 Å². The molecule has 2 heterocycles. The average molecular weight is 357 g/mol. The number of amides is 1. The number of likely N-dealkylation sites (N-methyl/N-ethyl adjacent to an activating group) is 1. The van der Waals surface area contributed by atoms with E-state index in [9.17, 15) is 4.79 Å². The molecule has 0 bridgehead atoms. The van der Waals surface area contributed by atoms with Crippen molar-refractivity contribution in [3.8, 4) is 0 Å². The number of anilines is 1. The molecule has 3 rings (SSSR count). The van der Waals surface area contributed by atoms with Crippen LogP contribution in [0, 0.1) is 13.8 Å². The summed E-state index contributed by atoms with van der Waals surface area (Å²) in [6.07, 6.45) is 0. The summed E-state index contributed by atoms with van der Waals surface area (Å²) >= 11 is 0. The van der Waals surface area contributed by atoms with E-state index in [1.54, 1.807) is 0 Å². The highest BCUT2D eigenvalue weighted by molar-refractivity contribution is 5.95. The number of benzene rings is 1. The minimum atomic E-state index is 0.155. The number of aromatic nitrogens is 2. The Balaban J connectivity index is 1.52. The number of hydrogen-bond acceptors (Lipinski definition) is 6. The predicted octanol–water partition coefficient (Wildman–Crippen LogP) is 1.86. The molecule has 140 valence electrons. The van der Waals surface area contributed by atoms with Gasteiger partial charge in [0.05, 0.1) is 13.1 Å². The molecule has 1 amide bonds. The second kappa shape index (κ2) is 8.42. The number of carbonyl (C=O) groups is 1. The van der Waals surface area contributed by atoms with Crippen LogP contribution < -0.4 is 4.90 Å². The number of piperazine rings is 1. The Hall–Kier alpha value is -2.25. The second-order valence-electron chi connectivity index (χ2n) is 6.71. The summed E-state index contributed by atoms with van der Waals surface area (Å²) in [6.45, 7) is 11.2. The number of rotatable bonds is 6. The molecular weight excluding hydrogens is 330 g/mol. The van der Waals surface area contributed by atoms with Gasteiger partial charge in [0.25, 0.3) is 0 Å². The Morgan fingerprint density at radius 3 is 2.46 bits per heavy atom. The van der Waals surface area contributed by atoms with Gasteiger partial charge in [-0.2, -0.15) is 4.98 Å². The lowest BCUT2D eigenvalue weighted by molar-refractivity contribution is -0.120. The molecule has 1 aliphatic rings. The molecule has 0 spiro atoms. The number of aryl methyl sites for hydroxylation is 2. The lowest BCUT2D eigenvalue weighted by Gasteiger charge is -2.34. The fourth-order valence-corrected chi connectivity index (χ4v) is 3.33. The molecule has 1 aliphatic heterocycles. The van der Waals surface area contributed by atoms with Gasteiger partial charge < -0.3 is 9.42 Å². The molecule has 1 fully saturated rings. The van der Waals surface area contributed by atoms with Crippen molar-refractivity contribution in [2.45, 2.75) is 27.3 Å². The van der Waals surface area contributed by atoms with Crippen molar-refractivity contribution in [1.82, 2.24) is 19.9 Å². The Labute approximate surface area is 154 Å². The maximum atomic E-state index is 12.8. The summed E-state index contributed by atoms with van der Waals surface area (Å²) in [5, 5.41) is 3.83. The number of hydrogen-bond donors (Lipinski definition) is 0. The van der Waals surface area contributed by atoms with Crippen LogP contribution in [0.15, 0.2) is 28.8 Å². The summed E-state index contributed by atoms with van der Waals surface area (Å²) in [5.41, 5.74) is 2.13. The molecule has 2 aromatic rings. The first kappa shape index (κ1) is 18.5. The van der Waals surface area contributed by atoms with Crippen molar-refractivity contribution in [2.24, 2.45) is 0 Å². The molecule has 1 saturated heterocycles. The summed E-state index contributed by atoms with van der Waals surface area (Å²) < 4.78 is 5.19. The van der Waals surface area contributed by atoms with Gasteiger partial charge in [-0.25, -0.2) is 0 Å². The van der Waals surface area contributed by atoms with Crippen molar-refractivity contribution in [3.05, 3.63) is 41.5 Å². The molecule has 0 N–H and O–H groups in total. The molecule has 1 aromatic heterocycles. The fraction of sp³-hybridized carbons (Fsp3) is 0.526. The summed E-state index contributed by atoms with van der Waals surface area (Å²) in [5.74, 6) is 1.48. The van der Waals surface area contributed by atoms with Crippen LogP contribution in [0.1, 0.15) is 24.2 Å². The predicted molar refractivity (Wildman–Crippen MR) is 100.0 cm³/mol. The van der Waals surface area contributed by atoms with Gasteiger partial charge in [0, 0.05) is 38.4 Å². The van der Waals surface area contributed by atoms with Crippen LogP contribution in [0.3, 0.4) is 0 Å². The van der Waals surface area contributed by atoms with E-state index in [0.717, 1.165) is 37.4 Å². The van der Waals surface area contributed by atoms with Crippen LogP contribution in [0.2, 0.25) is 0 Å². The van der Waals surface area contributed by atoms with Crippen molar-refractivity contribution < 1.29 is 9.32 Å². The number of para-hydroxylation sites is 1. The minimum absolute atomic E-state index is 0.155. The van der Waals surface area contributed by atoms with Gasteiger partial charge in [0.15, 0.2) is 5.82 Å². The second-order valence-corrected chi connectivity index (χ2v) is 6.71. The fourth-order valence-electron chi connectivity index (χ4n) is 3.33. The van der Waals surface area contributed by atoms with Crippen molar-refractivity contribution in [2.75, 3.05) is 44.2 Å². The van der Waals surface area contributed by atoms with Crippen LogP contribution in [-0.4, -0.2) is 65.1 Å². The van der Waals surface area contributed by atoms with Crippen LogP contribution in [0.4, 0.5) is 5.69 Å². The zero-order chi connectivity index (χ0) is 18.5. The summed E-state index contributed by atoms with van der Waals surface area (Å²) in [4.78, 5) is 23.4. The SMILES string of the molecule is CCN(C(=O)CN1CCN(Cc2nc(C)no2)CC1)c1ccccc1C. The largest absolute Gasteiger partial charge is 0.338 e. The van der Waals surface area contributed by atoms with Crippen molar-refractivity contribution >= 4 is 11.6 Å². The lowest BCUT2D eigenvalue weighted by atomic mass is 10.1. The van der Waals surface area contributed by atoms with Gasteiger partial charge in [0.1, 0.15) is 0 Å². The molecule has 0 radical (unpaired) electrons. The normalized spacial score (nSPS) is 16.0. The van der Waals surface area contributed by atoms with Gasteiger partial charge >= 0.3 is 0 Å². The molecule has 26 heavy (non-hydrogen) atoms. The van der Waals surface area contributed by atoms with Gasteiger partial charge in [-0.1, -0.05) is 23.4 Å². The molecule has 1 aromatic carbocycles. The molecule has 7 nitrogen and oxygen atoms in total. The van der Waals surface area contributed by atoms with E-state index in [1.807, 2.05) is 49.9 Å². The topological polar surface area (TPSA) is 65.7 Å². The maximum absolute atomic E-state index is 12.8. The molecule has 7 heteroatoms. The smallest absolute Gasteiger partial charge is 0.241 e. The van der Waals surface area contributed by atoms with E-state index in [2.05, 4.69) is 19.9 Å². The highest BCUT2D eigenvalue weighted by Crippen LogP contribution is 2.19. The van der Waals surface area contributed by atoms with Crippen LogP contribution >= 0.6 is 0 Å². The Morgan fingerprint density at radius 1 is 1.15 bits per heavy atom. The third-order valence-electron chi connectivity index (χ3n) is 4.78. The van der Waals surface area contributed by atoms with Gasteiger partial charge in [-0.05, 0) is 32.4 Å². The molecule has 0 unspecified atom stereocenters. The van der Waals surface area contributed by atoms with E-state index in [-0.39, 0.29) is 5.91 Å². The standard InChI is InChI=1S/C19H27N5O2/c1-4-24(17-8-6-5-7-15(17)2)19(25)14-23-11-9-22(10-12-23)13-18-20-16(3)21-26-18/h5-8H,4,9-14H2,1-3H3. The van der Waals surface area contributed by atoms with E-state index in [1.165, 1.54) is 0 Å². The molecule has 0 saturated carbocycles. The Morgan fingerprint density at radius 2 is 1.85 bits per heavy atom. The third-order valence-corrected chi connectivity index (χ3v) is 4.78. The zero-order valence-corrected chi connectivity index (χ0v) is 15.8. The first-order valence-corrected chi connectivity index (χ1v) is 9.16. The quantitative estimate of drug-likeness (QED) is 0.786. The van der Waals surface area contributed by atoms with E-state index in [0.29, 0.717) is 31.3 Å². The molecular formula is C19H27N5O2. The monoisotopic (exact) mass is 357 g/mol. The minimum Gasteiger partial charge on any atom is -0.338 e. The van der Waals surface area contributed by atoms with Gasteiger partial charge in [0.2, 0.25) is 11.8 Å². The Kier molecular flexibility index (Phi) is 6.00. The highest BCUT2D eigenvalue weighted by atomic mass is 16.5.